The molecule has 22 heavy (non-hydrogen) atoms. The second-order valence-corrected chi connectivity index (χ2v) is 13.5. The Kier molecular flexibility index (Phi) is 5.19. The first-order valence-electron chi connectivity index (χ1n) is 7.70. The molecular formula is C17H25FO2SSi. The molecule has 2 atom stereocenters. The van der Waals surface area contributed by atoms with E-state index in [9.17, 15) is 9.18 Å². The molecule has 122 valence electrons. The molecule has 0 spiro atoms. The molecule has 0 aromatic heterocycles. The molecule has 0 saturated heterocycles. The summed E-state index contributed by atoms with van der Waals surface area (Å²) in [6.07, 6.45) is 1.02. The fourth-order valence-electron chi connectivity index (χ4n) is 2.27. The summed E-state index contributed by atoms with van der Waals surface area (Å²) in [6, 6.07) is 6.46. The maximum atomic E-state index is 13.0. The molecule has 1 aromatic carbocycles. The van der Waals surface area contributed by atoms with Crippen molar-refractivity contribution in [1.29, 1.82) is 0 Å². The number of hydrogen-bond acceptors (Lipinski definition) is 3. The number of ketones is 1. The lowest BCUT2D eigenvalue weighted by molar-refractivity contribution is -0.117. The van der Waals surface area contributed by atoms with Crippen LogP contribution in [0.1, 0.15) is 33.6 Å². The van der Waals surface area contributed by atoms with E-state index in [1.165, 1.54) is 12.1 Å². The van der Waals surface area contributed by atoms with Crippen LogP contribution in [0.25, 0.3) is 0 Å². The predicted molar refractivity (Wildman–Crippen MR) is 92.4 cm³/mol. The van der Waals surface area contributed by atoms with Crippen molar-refractivity contribution in [3.63, 3.8) is 0 Å². The van der Waals surface area contributed by atoms with Gasteiger partial charge in [0.25, 0.3) is 0 Å². The van der Waals surface area contributed by atoms with Gasteiger partial charge in [-0.05, 0) is 42.4 Å². The Morgan fingerprint density at radius 3 is 2.32 bits per heavy atom. The molecule has 0 aliphatic heterocycles. The van der Waals surface area contributed by atoms with E-state index >= 15 is 0 Å². The van der Waals surface area contributed by atoms with E-state index in [0.29, 0.717) is 12.8 Å². The second-order valence-electron chi connectivity index (χ2n) is 7.47. The Balaban J connectivity index is 2.09. The number of Topliss-reactive ketones (excluding diaryl/α,β-unsaturated/α-hetero) is 1. The Hall–Kier alpha value is -0.653. The minimum Gasteiger partial charge on any atom is -0.412 e. The van der Waals surface area contributed by atoms with Crippen LogP contribution in [0.2, 0.25) is 18.1 Å². The van der Waals surface area contributed by atoms with Crippen molar-refractivity contribution in [2.45, 2.75) is 68.0 Å². The number of benzene rings is 1. The van der Waals surface area contributed by atoms with Gasteiger partial charge in [-0.2, -0.15) is 0 Å². The molecule has 1 aliphatic carbocycles. The standard InChI is InChI=1S/C17H25FO2SSi/c1-17(2,3)22(4,5)20-15-10-13(19)11-16(15)21-14-8-6-12(18)7-9-14/h6-9,15-16H,10-11H2,1-5H3/t15-,16-/m0/s1. The van der Waals surface area contributed by atoms with Crippen molar-refractivity contribution in [2.24, 2.45) is 0 Å². The maximum Gasteiger partial charge on any atom is 0.192 e. The Labute approximate surface area is 138 Å². The fraction of sp³-hybridized carbons (Fsp3) is 0.588. The number of carbonyl (C=O) groups excluding carboxylic acids is 1. The first kappa shape index (κ1) is 17.7. The zero-order valence-electron chi connectivity index (χ0n) is 14.0. The normalized spacial score (nSPS) is 23.1. The van der Waals surface area contributed by atoms with E-state index in [1.807, 2.05) is 0 Å². The molecule has 1 saturated carbocycles. The van der Waals surface area contributed by atoms with E-state index in [-0.39, 0.29) is 28.0 Å². The van der Waals surface area contributed by atoms with Gasteiger partial charge in [-0.25, -0.2) is 4.39 Å². The highest BCUT2D eigenvalue weighted by Gasteiger charge is 2.43. The van der Waals surface area contributed by atoms with Crippen LogP contribution >= 0.6 is 11.8 Å². The molecule has 1 aliphatic rings. The zero-order valence-corrected chi connectivity index (χ0v) is 15.8. The van der Waals surface area contributed by atoms with Gasteiger partial charge in [-0.3, -0.25) is 4.79 Å². The van der Waals surface area contributed by atoms with E-state index in [2.05, 4.69) is 33.9 Å². The number of halogens is 1. The Bertz CT molecular complexity index is 537. The minimum absolute atomic E-state index is 0.0246. The summed E-state index contributed by atoms with van der Waals surface area (Å²) in [4.78, 5) is 12.9. The first-order valence-corrected chi connectivity index (χ1v) is 11.5. The molecule has 0 radical (unpaired) electrons. The quantitative estimate of drug-likeness (QED) is 0.718. The molecule has 0 heterocycles. The van der Waals surface area contributed by atoms with Gasteiger partial charge in [0.1, 0.15) is 11.6 Å². The third kappa shape index (κ3) is 4.21. The number of hydrogen-bond donors (Lipinski definition) is 0. The van der Waals surface area contributed by atoms with E-state index in [1.54, 1.807) is 23.9 Å². The van der Waals surface area contributed by atoms with Gasteiger partial charge in [0, 0.05) is 23.0 Å². The summed E-state index contributed by atoms with van der Waals surface area (Å²) < 4.78 is 19.5. The molecule has 0 bridgehead atoms. The van der Waals surface area contributed by atoms with E-state index in [4.69, 9.17) is 4.43 Å². The lowest BCUT2D eigenvalue weighted by atomic mass is 10.2. The van der Waals surface area contributed by atoms with Crippen LogP contribution in [-0.4, -0.2) is 25.5 Å². The summed E-state index contributed by atoms with van der Waals surface area (Å²) in [5, 5.41) is 0.260. The molecule has 2 nitrogen and oxygen atoms in total. The highest BCUT2D eigenvalue weighted by molar-refractivity contribution is 8.00. The molecule has 1 aromatic rings. The number of carbonyl (C=O) groups is 1. The van der Waals surface area contributed by atoms with Crippen molar-refractivity contribution in [3.05, 3.63) is 30.1 Å². The van der Waals surface area contributed by atoms with Crippen molar-refractivity contribution in [3.8, 4) is 0 Å². The number of thioether (sulfide) groups is 1. The van der Waals surface area contributed by atoms with Crippen LogP contribution in [0, 0.1) is 5.82 Å². The highest BCUT2D eigenvalue weighted by atomic mass is 32.2. The summed E-state index contributed by atoms with van der Waals surface area (Å²) in [7, 11) is -1.89. The van der Waals surface area contributed by atoms with Crippen LogP contribution in [0.5, 0.6) is 0 Å². The van der Waals surface area contributed by atoms with Crippen molar-refractivity contribution < 1.29 is 13.6 Å². The highest BCUT2D eigenvalue weighted by Crippen LogP contribution is 2.42. The van der Waals surface area contributed by atoms with Crippen LogP contribution in [-0.2, 0) is 9.22 Å². The smallest absolute Gasteiger partial charge is 0.192 e. The van der Waals surface area contributed by atoms with Crippen molar-refractivity contribution in [2.75, 3.05) is 0 Å². The Morgan fingerprint density at radius 1 is 1.18 bits per heavy atom. The predicted octanol–water partition coefficient (Wildman–Crippen LogP) is 5.04. The van der Waals surface area contributed by atoms with Gasteiger partial charge in [0.05, 0.1) is 6.10 Å². The van der Waals surface area contributed by atoms with Gasteiger partial charge in [0.2, 0.25) is 0 Å². The number of rotatable bonds is 4. The van der Waals surface area contributed by atoms with Crippen molar-refractivity contribution >= 4 is 25.9 Å². The van der Waals surface area contributed by atoms with Gasteiger partial charge in [-0.15, -0.1) is 11.8 Å². The first-order chi connectivity index (χ1) is 10.1. The van der Waals surface area contributed by atoms with Crippen LogP contribution < -0.4 is 0 Å². The monoisotopic (exact) mass is 340 g/mol. The minimum atomic E-state index is -1.89. The molecule has 1 fully saturated rings. The second kappa shape index (κ2) is 6.46. The third-order valence-electron chi connectivity index (χ3n) is 4.63. The maximum absolute atomic E-state index is 13.0. The van der Waals surface area contributed by atoms with Gasteiger partial charge < -0.3 is 4.43 Å². The van der Waals surface area contributed by atoms with Gasteiger partial charge in [0.15, 0.2) is 8.32 Å². The van der Waals surface area contributed by atoms with E-state index < -0.39 is 8.32 Å². The fourth-order valence-corrected chi connectivity index (χ4v) is 4.95. The summed E-state index contributed by atoms with van der Waals surface area (Å²) >= 11 is 1.63. The lowest BCUT2D eigenvalue weighted by Crippen LogP contribution is -2.45. The molecular weight excluding hydrogens is 315 g/mol. The third-order valence-corrected chi connectivity index (χ3v) is 10.4. The zero-order chi connectivity index (χ0) is 16.5. The van der Waals surface area contributed by atoms with Crippen LogP contribution in [0.4, 0.5) is 4.39 Å². The topological polar surface area (TPSA) is 26.3 Å². The summed E-state index contributed by atoms with van der Waals surface area (Å²) in [5.74, 6) is 0.0317. The Morgan fingerprint density at radius 2 is 1.77 bits per heavy atom. The SMILES string of the molecule is CC(C)(C)[Si](C)(C)O[C@H]1CC(=O)C[C@@H]1Sc1ccc(F)cc1. The molecule has 2 rings (SSSR count). The van der Waals surface area contributed by atoms with Crippen LogP contribution in [0.3, 0.4) is 0 Å². The average Bonchev–Trinajstić information content (AvgIpc) is 2.70. The lowest BCUT2D eigenvalue weighted by Gasteiger charge is -2.39. The molecule has 0 N–H and O–H groups in total. The summed E-state index contributed by atoms with van der Waals surface area (Å²) in [6.45, 7) is 11.1. The largest absolute Gasteiger partial charge is 0.412 e. The van der Waals surface area contributed by atoms with Gasteiger partial charge in [-0.1, -0.05) is 20.8 Å². The molecule has 0 unspecified atom stereocenters. The average molecular weight is 341 g/mol. The van der Waals surface area contributed by atoms with Gasteiger partial charge >= 0.3 is 0 Å². The summed E-state index contributed by atoms with van der Waals surface area (Å²) in [5.41, 5.74) is 0. The van der Waals surface area contributed by atoms with E-state index in [0.717, 1.165) is 4.90 Å². The van der Waals surface area contributed by atoms with Crippen molar-refractivity contribution in [1.82, 2.24) is 0 Å². The van der Waals surface area contributed by atoms with Crippen LogP contribution in [0.15, 0.2) is 29.2 Å². The molecule has 0 amide bonds. The molecule has 5 heteroatoms.